The van der Waals surface area contributed by atoms with Crippen molar-refractivity contribution in [1.82, 2.24) is 5.32 Å². The highest BCUT2D eigenvalue weighted by Crippen LogP contribution is 2.23. The molecule has 0 spiro atoms. The summed E-state index contributed by atoms with van der Waals surface area (Å²) in [7, 11) is 0. The molecule has 0 saturated carbocycles. The van der Waals surface area contributed by atoms with Crippen molar-refractivity contribution in [3.8, 4) is 5.75 Å². The predicted molar refractivity (Wildman–Crippen MR) is 105 cm³/mol. The number of amides is 1. The van der Waals surface area contributed by atoms with Crippen LogP contribution in [0.5, 0.6) is 5.75 Å². The van der Waals surface area contributed by atoms with Gasteiger partial charge >= 0.3 is 0 Å². The monoisotopic (exact) mass is 406 g/mol. The van der Waals surface area contributed by atoms with Crippen molar-refractivity contribution in [3.63, 3.8) is 0 Å². The van der Waals surface area contributed by atoms with Crippen LogP contribution in [0.4, 0.5) is 5.69 Å². The number of hydrogen-bond donors (Lipinski definition) is 2. The molecule has 2 rings (SSSR count). The number of thiocarbonyl (C=S) groups is 1. The molecule has 0 unspecified atom stereocenters. The smallest absolute Gasteiger partial charge is 0.261 e. The molecule has 0 atom stereocenters. The lowest BCUT2D eigenvalue weighted by Gasteiger charge is -2.13. The van der Waals surface area contributed by atoms with Gasteiger partial charge in [-0.05, 0) is 71.3 Å². The van der Waals surface area contributed by atoms with Crippen LogP contribution in [0.2, 0.25) is 0 Å². The Bertz CT molecular complexity index is 750. The highest BCUT2D eigenvalue weighted by atomic mass is 79.9. The Morgan fingerprint density at radius 1 is 1.25 bits per heavy atom. The van der Waals surface area contributed by atoms with Crippen molar-refractivity contribution in [2.24, 2.45) is 0 Å². The second-order valence-corrected chi connectivity index (χ2v) is 6.50. The van der Waals surface area contributed by atoms with Crippen LogP contribution in [0.25, 0.3) is 0 Å². The van der Waals surface area contributed by atoms with Crippen molar-refractivity contribution in [1.29, 1.82) is 0 Å². The number of benzene rings is 2. The molecule has 0 aliphatic heterocycles. The normalized spacial score (nSPS) is 10.1. The lowest BCUT2D eigenvalue weighted by Crippen LogP contribution is -2.34. The Balaban J connectivity index is 2.05. The second-order valence-electron chi connectivity index (χ2n) is 5.24. The summed E-state index contributed by atoms with van der Waals surface area (Å²) < 4.78 is 6.49. The van der Waals surface area contributed by atoms with Gasteiger partial charge in [0, 0.05) is 4.47 Å². The summed E-state index contributed by atoms with van der Waals surface area (Å²) in [5.74, 6) is 0.249. The first-order valence-corrected chi connectivity index (χ1v) is 8.81. The maximum atomic E-state index is 12.4. The van der Waals surface area contributed by atoms with Gasteiger partial charge in [-0.15, -0.1) is 0 Å². The summed E-state index contributed by atoms with van der Waals surface area (Å²) in [6.45, 7) is 4.58. The molecule has 24 heavy (non-hydrogen) atoms. The molecule has 1 amide bonds. The van der Waals surface area contributed by atoms with Crippen molar-refractivity contribution in [3.05, 3.63) is 58.1 Å². The number of hydrogen-bond acceptors (Lipinski definition) is 3. The van der Waals surface area contributed by atoms with Crippen LogP contribution in [0, 0.1) is 6.92 Å². The third-order valence-corrected chi connectivity index (χ3v) is 4.05. The van der Waals surface area contributed by atoms with Crippen molar-refractivity contribution >= 4 is 44.9 Å². The molecule has 4 nitrogen and oxygen atoms in total. The van der Waals surface area contributed by atoms with Gasteiger partial charge in [0.25, 0.3) is 5.91 Å². The number of ether oxygens (including phenoxy) is 1. The minimum absolute atomic E-state index is 0.231. The van der Waals surface area contributed by atoms with Gasteiger partial charge in [-0.1, -0.05) is 25.1 Å². The van der Waals surface area contributed by atoms with Crippen molar-refractivity contribution in [2.75, 3.05) is 11.9 Å². The number of rotatable bonds is 5. The van der Waals surface area contributed by atoms with E-state index in [0.29, 0.717) is 17.9 Å². The molecular weight excluding hydrogens is 388 g/mol. The quantitative estimate of drug-likeness (QED) is 0.708. The minimum atomic E-state index is -0.303. The fraction of sp³-hybridized carbons (Fsp3) is 0.222. The topological polar surface area (TPSA) is 50.4 Å². The van der Waals surface area contributed by atoms with Crippen LogP contribution in [-0.4, -0.2) is 17.6 Å². The Kier molecular flexibility index (Phi) is 6.75. The number of aryl methyl sites for hydroxylation is 1. The summed E-state index contributed by atoms with van der Waals surface area (Å²) in [5.41, 5.74) is 2.38. The van der Waals surface area contributed by atoms with E-state index < -0.39 is 0 Å². The van der Waals surface area contributed by atoms with Gasteiger partial charge in [0.15, 0.2) is 5.11 Å². The number of anilines is 1. The Hall–Kier alpha value is -1.92. The molecule has 0 heterocycles. The fourth-order valence-electron chi connectivity index (χ4n) is 2.04. The second kappa shape index (κ2) is 8.80. The third-order valence-electron chi connectivity index (χ3n) is 3.19. The molecule has 0 aromatic heterocycles. The Morgan fingerprint density at radius 3 is 2.71 bits per heavy atom. The molecule has 0 bridgehead atoms. The lowest BCUT2D eigenvalue weighted by molar-refractivity contribution is 0.0973. The number of halogens is 1. The van der Waals surface area contributed by atoms with Crippen LogP contribution in [0.15, 0.2) is 46.9 Å². The predicted octanol–water partition coefficient (Wildman–Crippen LogP) is 4.67. The van der Waals surface area contributed by atoms with Gasteiger partial charge in [-0.3, -0.25) is 10.1 Å². The van der Waals surface area contributed by atoms with E-state index in [0.717, 1.165) is 22.1 Å². The summed E-state index contributed by atoms with van der Waals surface area (Å²) in [6, 6.07) is 13.0. The van der Waals surface area contributed by atoms with Crippen LogP contribution in [-0.2, 0) is 0 Å². The average molecular weight is 407 g/mol. The van der Waals surface area contributed by atoms with E-state index in [-0.39, 0.29) is 11.0 Å². The van der Waals surface area contributed by atoms with E-state index in [1.54, 1.807) is 18.2 Å². The lowest BCUT2D eigenvalue weighted by atomic mass is 10.2. The van der Waals surface area contributed by atoms with Gasteiger partial charge in [-0.25, -0.2) is 0 Å². The van der Waals surface area contributed by atoms with Crippen LogP contribution in [0.3, 0.4) is 0 Å². The molecule has 2 aromatic carbocycles. The molecule has 0 fully saturated rings. The van der Waals surface area contributed by atoms with Crippen LogP contribution < -0.4 is 15.4 Å². The first kappa shape index (κ1) is 18.4. The van der Waals surface area contributed by atoms with Gasteiger partial charge in [0.05, 0.1) is 17.9 Å². The minimum Gasteiger partial charge on any atom is -0.493 e. The van der Waals surface area contributed by atoms with E-state index in [1.165, 1.54) is 0 Å². The molecule has 2 aromatic rings. The van der Waals surface area contributed by atoms with E-state index in [4.69, 9.17) is 17.0 Å². The number of para-hydroxylation sites is 1. The zero-order chi connectivity index (χ0) is 17.5. The Morgan fingerprint density at radius 2 is 2.00 bits per heavy atom. The number of nitrogens with one attached hydrogen (secondary N) is 2. The highest BCUT2D eigenvalue weighted by molar-refractivity contribution is 9.10. The molecule has 126 valence electrons. The van der Waals surface area contributed by atoms with Gasteiger partial charge in [0.2, 0.25) is 0 Å². The molecular formula is C18H19BrN2O2S. The molecule has 2 N–H and O–H groups in total. The summed E-state index contributed by atoms with van der Waals surface area (Å²) in [6.07, 6.45) is 0.872. The molecule has 0 aliphatic carbocycles. The van der Waals surface area contributed by atoms with Crippen molar-refractivity contribution < 1.29 is 9.53 Å². The van der Waals surface area contributed by atoms with E-state index in [1.807, 2.05) is 38.1 Å². The molecule has 0 radical (unpaired) electrons. The number of carbonyl (C=O) groups excluding carboxylic acids is 1. The maximum Gasteiger partial charge on any atom is 0.261 e. The van der Waals surface area contributed by atoms with Gasteiger partial charge < -0.3 is 10.1 Å². The van der Waals surface area contributed by atoms with Crippen LogP contribution in [0.1, 0.15) is 29.3 Å². The van der Waals surface area contributed by atoms with Gasteiger partial charge in [-0.2, -0.15) is 0 Å². The van der Waals surface area contributed by atoms with E-state index in [9.17, 15) is 4.79 Å². The average Bonchev–Trinajstić information content (AvgIpc) is 2.55. The zero-order valence-corrected chi connectivity index (χ0v) is 16.0. The molecule has 0 aliphatic rings. The maximum absolute atomic E-state index is 12.4. The van der Waals surface area contributed by atoms with E-state index in [2.05, 4.69) is 26.6 Å². The first-order valence-electron chi connectivity index (χ1n) is 7.61. The van der Waals surface area contributed by atoms with E-state index >= 15 is 0 Å². The van der Waals surface area contributed by atoms with Gasteiger partial charge in [0.1, 0.15) is 5.75 Å². The summed E-state index contributed by atoms with van der Waals surface area (Å²) >= 11 is 8.70. The zero-order valence-electron chi connectivity index (χ0n) is 13.6. The first-order chi connectivity index (χ1) is 11.5. The Labute approximate surface area is 155 Å². The summed E-state index contributed by atoms with van der Waals surface area (Å²) in [4.78, 5) is 12.4. The fourth-order valence-corrected chi connectivity index (χ4v) is 2.83. The molecule has 0 saturated heterocycles. The highest BCUT2D eigenvalue weighted by Gasteiger charge is 2.14. The van der Waals surface area contributed by atoms with Crippen molar-refractivity contribution in [2.45, 2.75) is 20.3 Å². The van der Waals surface area contributed by atoms with Crippen LogP contribution >= 0.6 is 28.1 Å². The SMILES string of the molecule is CCCOc1ccccc1C(=O)NC(=S)Nc1ccc(C)cc1Br. The standard InChI is InChI=1S/C18H19BrN2O2S/c1-3-10-23-16-7-5-4-6-13(16)17(22)21-18(24)20-15-9-8-12(2)11-14(15)19/h4-9,11H,3,10H2,1-2H3,(H2,20,21,22,24). The largest absolute Gasteiger partial charge is 0.493 e. The molecule has 6 heteroatoms. The summed E-state index contributed by atoms with van der Waals surface area (Å²) in [5, 5.41) is 5.93. The number of carbonyl (C=O) groups is 1. The third kappa shape index (κ3) is 5.04.